The number of likely N-dealkylation sites (tertiary alicyclic amines) is 1. The summed E-state index contributed by atoms with van der Waals surface area (Å²) in [6.07, 6.45) is 4.50. The molecule has 1 aliphatic rings. The predicted octanol–water partition coefficient (Wildman–Crippen LogP) is 2.22. The van der Waals surface area contributed by atoms with Gasteiger partial charge in [-0.2, -0.15) is 0 Å². The molecular weight excluding hydrogens is 184 g/mol. The van der Waals surface area contributed by atoms with Crippen molar-refractivity contribution in [3.8, 4) is 11.8 Å². The highest BCUT2D eigenvalue weighted by atomic mass is 15.1. The number of nitrogens with zero attached hydrogens (tertiary/aromatic N) is 2. The first-order valence-corrected chi connectivity index (χ1v) is 5.40. The lowest BCUT2D eigenvalue weighted by Crippen LogP contribution is -2.17. The molecular formula is C13H16N2. The van der Waals surface area contributed by atoms with E-state index in [1.165, 1.54) is 24.9 Å². The summed E-state index contributed by atoms with van der Waals surface area (Å²) in [6, 6.07) is 4.72. The fourth-order valence-corrected chi connectivity index (χ4v) is 2.14. The third-order valence-electron chi connectivity index (χ3n) is 2.94. The van der Waals surface area contributed by atoms with Gasteiger partial charge in [-0.15, -0.1) is 0 Å². The van der Waals surface area contributed by atoms with E-state index in [-0.39, 0.29) is 0 Å². The molecule has 1 unspecified atom stereocenters. The lowest BCUT2D eigenvalue weighted by Gasteiger charge is -2.19. The van der Waals surface area contributed by atoms with Crippen LogP contribution in [0.3, 0.4) is 0 Å². The zero-order chi connectivity index (χ0) is 10.7. The van der Waals surface area contributed by atoms with Crippen LogP contribution in [0.2, 0.25) is 0 Å². The van der Waals surface area contributed by atoms with Crippen LogP contribution in [-0.2, 0) is 0 Å². The Morgan fingerprint density at radius 3 is 2.87 bits per heavy atom. The second-order valence-electron chi connectivity index (χ2n) is 3.99. The number of hydrogen-bond donors (Lipinski definition) is 0. The van der Waals surface area contributed by atoms with Gasteiger partial charge in [0.1, 0.15) is 5.69 Å². The second kappa shape index (κ2) is 4.46. The first-order valence-electron chi connectivity index (χ1n) is 5.40. The molecule has 2 heteroatoms. The fourth-order valence-electron chi connectivity index (χ4n) is 2.14. The van der Waals surface area contributed by atoms with Crippen molar-refractivity contribution in [3.63, 3.8) is 0 Å². The molecule has 78 valence electrons. The Morgan fingerprint density at radius 1 is 1.47 bits per heavy atom. The number of aromatic nitrogens is 1. The molecule has 0 spiro atoms. The van der Waals surface area contributed by atoms with Gasteiger partial charge in [0.2, 0.25) is 0 Å². The molecule has 2 heterocycles. The molecule has 15 heavy (non-hydrogen) atoms. The van der Waals surface area contributed by atoms with E-state index in [0.717, 1.165) is 5.69 Å². The number of pyridine rings is 1. The van der Waals surface area contributed by atoms with Gasteiger partial charge < -0.3 is 0 Å². The molecule has 1 atom stereocenters. The van der Waals surface area contributed by atoms with Crippen molar-refractivity contribution >= 4 is 0 Å². The van der Waals surface area contributed by atoms with E-state index in [1.54, 1.807) is 0 Å². The summed E-state index contributed by atoms with van der Waals surface area (Å²) in [4.78, 5) is 6.74. The minimum atomic E-state index is 0.557. The van der Waals surface area contributed by atoms with Crippen LogP contribution in [0.4, 0.5) is 0 Å². The second-order valence-corrected chi connectivity index (χ2v) is 3.99. The molecule has 1 fully saturated rings. The van der Waals surface area contributed by atoms with Crippen LogP contribution in [0.15, 0.2) is 18.3 Å². The van der Waals surface area contributed by atoms with Crippen LogP contribution >= 0.6 is 0 Å². The summed E-state index contributed by atoms with van der Waals surface area (Å²) in [6.45, 7) is 3.03. The van der Waals surface area contributed by atoms with Gasteiger partial charge in [0.25, 0.3) is 0 Å². The standard InChI is InChI=1S/C13H16N2/c1-3-5-12-8-7-11(10-14-12)13-6-4-9-15(13)2/h7-8,10,13H,4,6,9H2,1-2H3. The van der Waals surface area contributed by atoms with Gasteiger partial charge in [-0.1, -0.05) is 12.0 Å². The number of rotatable bonds is 1. The van der Waals surface area contributed by atoms with Crippen LogP contribution in [0.5, 0.6) is 0 Å². The predicted molar refractivity (Wildman–Crippen MR) is 61.4 cm³/mol. The van der Waals surface area contributed by atoms with Crippen LogP contribution in [0, 0.1) is 11.8 Å². The Kier molecular flexibility index (Phi) is 3.03. The van der Waals surface area contributed by atoms with Crippen molar-refractivity contribution in [3.05, 3.63) is 29.6 Å². The van der Waals surface area contributed by atoms with Crippen molar-refractivity contribution in [1.82, 2.24) is 9.88 Å². The summed E-state index contributed by atoms with van der Waals surface area (Å²) in [5, 5.41) is 0. The first kappa shape index (κ1) is 10.2. The molecule has 0 aliphatic carbocycles. The van der Waals surface area contributed by atoms with E-state index in [9.17, 15) is 0 Å². The molecule has 1 aromatic heterocycles. The Hall–Kier alpha value is -1.33. The average Bonchev–Trinajstić information content (AvgIpc) is 2.66. The van der Waals surface area contributed by atoms with Crippen molar-refractivity contribution in [2.75, 3.05) is 13.6 Å². The molecule has 0 N–H and O–H groups in total. The van der Waals surface area contributed by atoms with Crippen molar-refractivity contribution < 1.29 is 0 Å². The average molecular weight is 200 g/mol. The summed E-state index contributed by atoms with van der Waals surface area (Å²) in [5.41, 5.74) is 2.18. The lowest BCUT2D eigenvalue weighted by molar-refractivity contribution is 0.317. The normalized spacial score (nSPS) is 21.1. The summed E-state index contributed by atoms with van der Waals surface area (Å²) >= 11 is 0. The van der Waals surface area contributed by atoms with Crippen LogP contribution in [-0.4, -0.2) is 23.5 Å². The van der Waals surface area contributed by atoms with E-state index < -0.39 is 0 Å². The zero-order valence-electron chi connectivity index (χ0n) is 9.33. The minimum Gasteiger partial charge on any atom is -0.299 e. The Morgan fingerprint density at radius 2 is 2.33 bits per heavy atom. The third-order valence-corrected chi connectivity index (χ3v) is 2.94. The van der Waals surface area contributed by atoms with Gasteiger partial charge in [-0.3, -0.25) is 4.90 Å². The molecule has 2 nitrogen and oxygen atoms in total. The largest absolute Gasteiger partial charge is 0.299 e. The van der Waals surface area contributed by atoms with Crippen LogP contribution in [0.1, 0.15) is 37.1 Å². The van der Waals surface area contributed by atoms with Gasteiger partial charge in [0.15, 0.2) is 0 Å². The molecule has 0 saturated carbocycles. The minimum absolute atomic E-state index is 0.557. The van der Waals surface area contributed by atoms with E-state index in [2.05, 4.69) is 34.8 Å². The highest BCUT2D eigenvalue weighted by Gasteiger charge is 2.22. The van der Waals surface area contributed by atoms with Crippen LogP contribution in [0.25, 0.3) is 0 Å². The lowest BCUT2D eigenvalue weighted by atomic mass is 10.1. The van der Waals surface area contributed by atoms with Crippen molar-refractivity contribution in [2.24, 2.45) is 0 Å². The third kappa shape index (κ3) is 2.19. The maximum absolute atomic E-state index is 4.35. The Balaban J connectivity index is 2.18. The maximum Gasteiger partial charge on any atom is 0.113 e. The van der Waals surface area contributed by atoms with Crippen LogP contribution < -0.4 is 0 Å². The highest BCUT2D eigenvalue weighted by molar-refractivity contribution is 5.29. The van der Waals surface area contributed by atoms with E-state index >= 15 is 0 Å². The van der Waals surface area contributed by atoms with Gasteiger partial charge in [-0.25, -0.2) is 4.98 Å². The molecule has 0 radical (unpaired) electrons. The van der Waals surface area contributed by atoms with Gasteiger partial charge in [-0.05, 0) is 50.9 Å². The number of hydrogen-bond acceptors (Lipinski definition) is 2. The van der Waals surface area contributed by atoms with Crippen molar-refractivity contribution in [1.29, 1.82) is 0 Å². The molecule has 0 amide bonds. The van der Waals surface area contributed by atoms with Gasteiger partial charge >= 0.3 is 0 Å². The zero-order valence-corrected chi connectivity index (χ0v) is 9.33. The SMILES string of the molecule is CC#Cc1ccc(C2CCCN2C)cn1. The summed E-state index contributed by atoms with van der Waals surface area (Å²) in [5.74, 6) is 5.82. The monoisotopic (exact) mass is 200 g/mol. The smallest absolute Gasteiger partial charge is 0.113 e. The summed E-state index contributed by atoms with van der Waals surface area (Å²) in [7, 11) is 2.18. The molecule has 1 aliphatic heterocycles. The molecule has 0 aromatic carbocycles. The topological polar surface area (TPSA) is 16.1 Å². The Bertz CT molecular complexity index is 383. The van der Waals surface area contributed by atoms with Crippen molar-refractivity contribution in [2.45, 2.75) is 25.8 Å². The maximum atomic E-state index is 4.35. The van der Waals surface area contributed by atoms with Gasteiger partial charge in [0.05, 0.1) is 0 Å². The Labute approximate surface area is 91.3 Å². The molecule has 1 aromatic rings. The quantitative estimate of drug-likeness (QED) is 0.646. The molecule has 0 bridgehead atoms. The first-order chi connectivity index (χ1) is 7.31. The summed E-state index contributed by atoms with van der Waals surface area (Å²) < 4.78 is 0. The molecule has 1 saturated heterocycles. The van der Waals surface area contributed by atoms with E-state index in [4.69, 9.17) is 0 Å². The highest BCUT2D eigenvalue weighted by Crippen LogP contribution is 2.29. The fraction of sp³-hybridized carbons (Fsp3) is 0.462. The van der Waals surface area contributed by atoms with E-state index in [1.807, 2.05) is 19.2 Å². The van der Waals surface area contributed by atoms with Gasteiger partial charge in [0, 0.05) is 12.2 Å². The van der Waals surface area contributed by atoms with E-state index in [0.29, 0.717) is 6.04 Å². The molecule has 2 rings (SSSR count).